The number of carboxylic acid groups (broad SMARTS) is 1. The Labute approximate surface area is 111 Å². The van der Waals surface area contributed by atoms with Gasteiger partial charge in [-0.25, -0.2) is 9.78 Å². The van der Waals surface area contributed by atoms with Gasteiger partial charge in [-0.05, 0) is 6.07 Å². The Kier molecular flexibility index (Phi) is 6.04. The summed E-state index contributed by atoms with van der Waals surface area (Å²) in [7, 11) is 3.17. The number of nitrogens with zero attached hydrogens (tertiary/aromatic N) is 2. The van der Waals surface area contributed by atoms with Crippen LogP contribution in [-0.4, -0.2) is 56.6 Å². The number of methoxy groups -OCH3 is 2. The number of carboxylic acids is 1. The number of rotatable bonds is 8. The fraction of sp³-hybridized carbons (Fsp3) is 0.500. The molecule has 3 N–H and O–H groups in total. The summed E-state index contributed by atoms with van der Waals surface area (Å²) in [6.45, 7) is 1.98. The van der Waals surface area contributed by atoms with Gasteiger partial charge in [0.1, 0.15) is 11.4 Å². The number of carbonyl (C=O) groups is 1. The van der Waals surface area contributed by atoms with Crippen LogP contribution in [0.1, 0.15) is 10.4 Å². The number of hydrogen-bond acceptors (Lipinski definition) is 6. The van der Waals surface area contributed by atoms with Crippen molar-refractivity contribution >= 4 is 17.5 Å². The Balaban J connectivity index is 3.02. The minimum absolute atomic E-state index is 0.0761. The van der Waals surface area contributed by atoms with Gasteiger partial charge in [-0.3, -0.25) is 0 Å². The number of aromatic nitrogens is 1. The Hall–Kier alpha value is -1.86. The number of ether oxygens (including phenoxy) is 2. The molecule has 0 bridgehead atoms. The van der Waals surface area contributed by atoms with Crippen LogP contribution in [0.15, 0.2) is 12.3 Å². The first-order chi connectivity index (χ1) is 9.10. The van der Waals surface area contributed by atoms with Gasteiger partial charge in [0.15, 0.2) is 0 Å². The van der Waals surface area contributed by atoms with Gasteiger partial charge in [0.05, 0.1) is 25.1 Å². The first kappa shape index (κ1) is 15.2. The van der Waals surface area contributed by atoms with Crippen LogP contribution in [0.5, 0.6) is 0 Å². The van der Waals surface area contributed by atoms with Crippen molar-refractivity contribution in [3.63, 3.8) is 0 Å². The van der Waals surface area contributed by atoms with E-state index < -0.39 is 5.97 Å². The molecule has 1 rings (SSSR count). The van der Waals surface area contributed by atoms with Crippen LogP contribution in [0, 0.1) is 0 Å². The zero-order valence-corrected chi connectivity index (χ0v) is 11.1. The average Bonchev–Trinajstić information content (AvgIpc) is 2.39. The lowest BCUT2D eigenvalue weighted by atomic mass is 10.2. The minimum Gasteiger partial charge on any atom is -0.478 e. The topological polar surface area (TPSA) is 97.9 Å². The van der Waals surface area contributed by atoms with Crippen LogP contribution >= 0.6 is 0 Å². The van der Waals surface area contributed by atoms with Gasteiger partial charge < -0.3 is 25.2 Å². The summed E-state index contributed by atoms with van der Waals surface area (Å²) in [5.41, 5.74) is 5.97. The SMILES string of the molecule is COCCN(CCOC)c1ncc(N)cc1C(=O)O. The van der Waals surface area contributed by atoms with Gasteiger partial charge in [0.2, 0.25) is 0 Å². The molecule has 7 nitrogen and oxygen atoms in total. The Morgan fingerprint density at radius 2 is 1.95 bits per heavy atom. The summed E-state index contributed by atoms with van der Waals surface area (Å²) < 4.78 is 10.0. The zero-order valence-electron chi connectivity index (χ0n) is 11.1. The fourth-order valence-electron chi connectivity index (χ4n) is 1.61. The van der Waals surface area contributed by atoms with E-state index in [-0.39, 0.29) is 5.56 Å². The van der Waals surface area contributed by atoms with Crippen molar-refractivity contribution in [3.8, 4) is 0 Å². The maximum Gasteiger partial charge on any atom is 0.339 e. The van der Waals surface area contributed by atoms with E-state index in [1.807, 2.05) is 0 Å². The molecule has 0 aliphatic heterocycles. The van der Waals surface area contributed by atoms with Crippen LogP contribution < -0.4 is 10.6 Å². The molecule has 1 heterocycles. The maximum atomic E-state index is 11.2. The Morgan fingerprint density at radius 1 is 1.37 bits per heavy atom. The molecule has 1 aromatic rings. The molecule has 0 saturated carbocycles. The number of nitrogens with two attached hydrogens (primary N) is 1. The van der Waals surface area contributed by atoms with Crippen molar-refractivity contribution in [1.29, 1.82) is 0 Å². The summed E-state index contributed by atoms with van der Waals surface area (Å²) in [4.78, 5) is 17.2. The molecule has 0 radical (unpaired) electrons. The molecule has 19 heavy (non-hydrogen) atoms. The van der Waals surface area contributed by atoms with Crippen molar-refractivity contribution in [2.45, 2.75) is 0 Å². The van der Waals surface area contributed by atoms with Crippen molar-refractivity contribution in [2.75, 3.05) is 51.2 Å². The quantitative estimate of drug-likeness (QED) is 0.707. The Bertz CT molecular complexity index is 417. The van der Waals surface area contributed by atoms with Crippen molar-refractivity contribution in [3.05, 3.63) is 17.8 Å². The molecule has 0 aliphatic carbocycles. The van der Waals surface area contributed by atoms with Crippen molar-refractivity contribution < 1.29 is 19.4 Å². The van der Waals surface area contributed by atoms with Gasteiger partial charge in [-0.2, -0.15) is 0 Å². The van der Waals surface area contributed by atoms with E-state index in [4.69, 9.17) is 15.2 Å². The second-order valence-electron chi connectivity index (χ2n) is 3.92. The van der Waals surface area contributed by atoms with Crippen LogP contribution in [0.2, 0.25) is 0 Å². The lowest BCUT2D eigenvalue weighted by molar-refractivity contribution is 0.0697. The van der Waals surface area contributed by atoms with Gasteiger partial charge in [0, 0.05) is 27.3 Å². The second-order valence-corrected chi connectivity index (χ2v) is 3.92. The zero-order chi connectivity index (χ0) is 14.3. The lowest BCUT2D eigenvalue weighted by Crippen LogP contribution is -2.32. The lowest BCUT2D eigenvalue weighted by Gasteiger charge is -2.24. The van der Waals surface area contributed by atoms with E-state index >= 15 is 0 Å². The standard InChI is InChI=1S/C12H19N3O4/c1-18-5-3-15(4-6-19-2)11-10(12(16)17)7-9(13)8-14-11/h7-8H,3-6,13H2,1-2H3,(H,16,17). The molecule has 106 valence electrons. The minimum atomic E-state index is -1.06. The summed E-state index contributed by atoms with van der Waals surface area (Å²) in [5, 5.41) is 9.21. The summed E-state index contributed by atoms with van der Waals surface area (Å²) in [5.74, 6) is -0.689. The molecular formula is C12H19N3O4. The van der Waals surface area contributed by atoms with Crippen LogP contribution in [0.3, 0.4) is 0 Å². The highest BCUT2D eigenvalue weighted by Crippen LogP contribution is 2.19. The molecule has 1 aromatic heterocycles. The highest BCUT2D eigenvalue weighted by Gasteiger charge is 2.17. The number of nitrogen functional groups attached to an aromatic ring is 1. The number of aromatic carboxylic acids is 1. The first-order valence-corrected chi connectivity index (χ1v) is 5.81. The highest BCUT2D eigenvalue weighted by atomic mass is 16.5. The van der Waals surface area contributed by atoms with Gasteiger partial charge in [-0.1, -0.05) is 0 Å². The maximum absolute atomic E-state index is 11.2. The van der Waals surface area contributed by atoms with E-state index in [1.165, 1.54) is 12.3 Å². The molecule has 0 unspecified atom stereocenters. The molecule has 0 spiro atoms. The third-order valence-corrected chi connectivity index (χ3v) is 2.55. The molecule has 0 aromatic carbocycles. The number of pyridine rings is 1. The summed E-state index contributed by atoms with van der Waals surface area (Å²) in [6, 6.07) is 1.40. The van der Waals surface area contributed by atoms with Crippen molar-refractivity contribution in [2.24, 2.45) is 0 Å². The van der Waals surface area contributed by atoms with E-state index in [2.05, 4.69) is 4.98 Å². The number of anilines is 2. The molecule has 0 saturated heterocycles. The van der Waals surface area contributed by atoms with Gasteiger partial charge in [0.25, 0.3) is 0 Å². The van der Waals surface area contributed by atoms with Crippen molar-refractivity contribution in [1.82, 2.24) is 4.98 Å². The number of hydrogen-bond donors (Lipinski definition) is 2. The van der Waals surface area contributed by atoms with Crippen LogP contribution in [-0.2, 0) is 9.47 Å². The first-order valence-electron chi connectivity index (χ1n) is 5.81. The molecular weight excluding hydrogens is 250 g/mol. The normalized spacial score (nSPS) is 10.4. The summed E-state index contributed by atoms with van der Waals surface area (Å²) in [6.07, 6.45) is 1.44. The predicted molar refractivity (Wildman–Crippen MR) is 71.6 cm³/mol. The third kappa shape index (κ3) is 4.38. The van der Waals surface area contributed by atoms with Crippen LogP contribution in [0.25, 0.3) is 0 Å². The van der Waals surface area contributed by atoms with Gasteiger partial charge >= 0.3 is 5.97 Å². The van der Waals surface area contributed by atoms with Crippen LogP contribution in [0.4, 0.5) is 11.5 Å². The highest BCUT2D eigenvalue weighted by molar-refractivity contribution is 5.94. The third-order valence-electron chi connectivity index (χ3n) is 2.55. The van der Waals surface area contributed by atoms with E-state index in [1.54, 1.807) is 19.1 Å². The van der Waals surface area contributed by atoms with Gasteiger partial charge in [-0.15, -0.1) is 0 Å². The smallest absolute Gasteiger partial charge is 0.339 e. The molecule has 0 fully saturated rings. The van der Waals surface area contributed by atoms with E-state index in [0.717, 1.165) is 0 Å². The average molecular weight is 269 g/mol. The largest absolute Gasteiger partial charge is 0.478 e. The molecule has 0 atom stereocenters. The van der Waals surface area contributed by atoms with E-state index in [9.17, 15) is 9.90 Å². The molecule has 0 amide bonds. The van der Waals surface area contributed by atoms with E-state index in [0.29, 0.717) is 37.8 Å². The molecule has 7 heteroatoms. The monoisotopic (exact) mass is 269 g/mol. The Morgan fingerprint density at radius 3 is 2.42 bits per heavy atom. The predicted octanol–water partition coefficient (Wildman–Crippen LogP) is 0.461. The molecule has 0 aliphatic rings. The summed E-state index contributed by atoms with van der Waals surface area (Å²) >= 11 is 0. The fourth-order valence-corrected chi connectivity index (χ4v) is 1.61. The second kappa shape index (κ2) is 7.55.